The Hall–Kier alpha value is -1.95. The van der Waals surface area contributed by atoms with Crippen molar-refractivity contribution in [3.63, 3.8) is 0 Å². The van der Waals surface area contributed by atoms with Gasteiger partial charge in [0.05, 0.1) is 11.3 Å². The number of benzene rings is 1. The van der Waals surface area contributed by atoms with E-state index in [9.17, 15) is 13.2 Å². The molecule has 2 rings (SSSR count). The van der Waals surface area contributed by atoms with Gasteiger partial charge in [0, 0.05) is 19.3 Å². The summed E-state index contributed by atoms with van der Waals surface area (Å²) < 4.78 is 37.5. The summed E-state index contributed by atoms with van der Waals surface area (Å²) in [6.07, 6.45) is -2.74. The molecule has 0 saturated carbocycles. The summed E-state index contributed by atoms with van der Waals surface area (Å²) in [7, 11) is 0. The third-order valence-electron chi connectivity index (χ3n) is 2.52. The van der Waals surface area contributed by atoms with Gasteiger partial charge < -0.3 is 5.32 Å². The molecule has 0 unspecified atom stereocenters. The number of halogens is 3. The van der Waals surface area contributed by atoms with Crippen molar-refractivity contribution in [2.24, 2.45) is 0 Å². The standard InChI is InChI=1S/C13H12F3N3/c14-13(15,16)11-4-1-3-10(7-11)8-17-9-12-5-2-6-18-19-12/h1-7,17H,8-9H2. The number of rotatable bonds is 4. The molecular weight excluding hydrogens is 255 g/mol. The molecule has 3 nitrogen and oxygen atoms in total. The van der Waals surface area contributed by atoms with E-state index in [-0.39, 0.29) is 0 Å². The van der Waals surface area contributed by atoms with E-state index >= 15 is 0 Å². The second-order valence-corrected chi connectivity index (χ2v) is 4.02. The molecule has 0 atom stereocenters. The molecule has 19 heavy (non-hydrogen) atoms. The van der Waals surface area contributed by atoms with Gasteiger partial charge in [0.2, 0.25) is 0 Å². The van der Waals surface area contributed by atoms with Crippen molar-refractivity contribution in [1.29, 1.82) is 0 Å². The van der Waals surface area contributed by atoms with E-state index in [0.717, 1.165) is 17.8 Å². The van der Waals surface area contributed by atoms with Crippen LogP contribution in [0.5, 0.6) is 0 Å². The maximum atomic E-state index is 12.5. The number of alkyl halides is 3. The van der Waals surface area contributed by atoms with E-state index in [1.54, 1.807) is 24.4 Å². The fourth-order valence-electron chi connectivity index (χ4n) is 1.62. The molecule has 0 amide bonds. The van der Waals surface area contributed by atoms with Crippen LogP contribution in [0.3, 0.4) is 0 Å². The fraction of sp³-hybridized carbons (Fsp3) is 0.231. The molecule has 0 spiro atoms. The van der Waals surface area contributed by atoms with Crippen LogP contribution >= 0.6 is 0 Å². The van der Waals surface area contributed by atoms with Gasteiger partial charge in [-0.05, 0) is 23.8 Å². The molecule has 0 aliphatic rings. The lowest BCUT2D eigenvalue weighted by Crippen LogP contribution is -2.14. The Labute approximate surface area is 108 Å². The zero-order valence-corrected chi connectivity index (χ0v) is 9.98. The molecule has 1 aromatic heterocycles. The minimum Gasteiger partial charge on any atom is -0.307 e. The van der Waals surface area contributed by atoms with Crippen LogP contribution in [0.1, 0.15) is 16.8 Å². The highest BCUT2D eigenvalue weighted by Gasteiger charge is 2.30. The molecule has 0 radical (unpaired) electrons. The Kier molecular flexibility index (Phi) is 4.11. The lowest BCUT2D eigenvalue weighted by atomic mass is 10.1. The lowest BCUT2D eigenvalue weighted by molar-refractivity contribution is -0.137. The molecule has 6 heteroatoms. The zero-order chi connectivity index (χ0) is 13.7. The van der Waals surface area contributed by atoms with E-state index < -0.39 is 11.7 Å². The minimum absolute atomic E-state index is 0.348. The Morgan fingerprint density at radius 2 is 1.89 bits per heavy atom. The van der Waals surface area contributed by atoms with Gasteiger partial charge in [-0.1, -0.05) is 18.2 Å². The Morgan fingerprint density at radius 1 is 1.05 bits per heavy atom. The van der Waals surface area contributed by atoms with E-state index in [1.165, 1.54) is 6.07 Å². The van der Waals surface area contributed by atoms with E-state index in [4.69, 9.17) is 0 Å². The smallest absolute Gasteiger partial charge is 0.307 e. The number of aromatic nitrogens is 2. The SMILES string of the molecule is FC(F)(F)c1cccc(CNCc2cccnn2)c1. The first kappa shape index (κ1) is 13.5. The first-order valence-electron chi connectivity index (χ1n) is 5.69. The molecule has 0 aliphatic carbocycles. The first-order valence-corrected chi connectivity index (χ1v) is 5.69. The van der Waals surface area contributed by atoms with Crippen molar-refractivity contribution in [1.82, 2.24) is 15.5 Å². The Balaban J connectivity index is 1.93. The number of nitrogens with zero attached hydrogens (tertiary/aromatic N) is 2. The summed E-state index contributed by atoms with van der Waals surface area (Å²) in [5.74, 6) is 0. The van der Waals surface area contributed by atoms with E-state index in [0.29, 0.717) is 18.7 Å². The second-order valence-electron chi connectivity index (χ2n) is 4.02. The number of nitrogens with one attached hydrogen (secondary N) is 1. The minimum atomic E-state index is -4.30. The normalized spacial score (nSPS) is 11.5. The average Bonchev–Trinajstić information content (AvgIpc) is 2.39. The summed E-state index contributed by atoms with van der Waals surface area (Å²) in [6.45, 7) is 0.810. The van der Waals surface area contributed by atoms with Crippen LogP contribution in [0.15, 0.2) is 42.6 Å². The predicted molar refractivity (Wildman–Crippen MR) is 64.0 cm³/mol. The predicted octanol–water partition coefficient (Wildman–Crippen LogP) is 2.79. The van der Waals surface area contributed by atoms with Gasteiger partial charge in [-0.3, -0.25) is 0 Å². The molecule has 0 bridgehead atoms. The van der Waals surface area contributed by atoms with Crippen LogP contribution in [0, 0.1) is 0 Å². The van der Waals surface area contributed by atoms with Crippen molar-refractivity contribution >= 4 is 0 Å². The third-order valence-corrected chi connectivity index (χ3v) is 2.52. The van der Waals surface area contributed by atoms with Crippen molar-refractivity contribution in [2.75, 3.05) is 0 Å². The Morgan fingerprint density at radius 3 is 2.58 bits per heavy atom. The van der Waals surface area contributed by atoms with Crippen LogP contribution < -0.4 is 5.32 Å². The summed E-state index contributed by atoms with van der Waals surface area (Å²) in [4.78, 5) is 0. The van der Waals surface area contributed by atoms with Gasteiger partial charge in [0.25, 0.3) is 0 Å². The van der Waals surface area contributed by atoms with Crippen LogP contribution in [0.4, 0.5) is 13.2 Å². The van der Waals surface area contributed by atoms with Gasteiger partial charge in [-0.15, -0.1) is 0 Å². The molecule has 1 heterocycles. The van der Waals surface area contributed by atoms with E-state index in [1.807, 2.05) is 0 Å². The number of hydrogen-bond acceptors (Lipinski definition) is 3. The fourth-order valence-corrected chi connectivity index (χ4v) is 1.62. The third kappa shape index (κ3) is 4.03. The summed E-state index contributed by atoms with van der Waals surface area (Å²) >= 11 is 0. The van der Waals surface area contributed by atoms with Crippen LogP contribution in [-0.2, 0) is 19.3 Å². The van der Waals surface area contributed by atoms with Gasteiger partial charge in [-0.2, -0.15) is 23.4 Å². The monoisotopic (exact) mass is 267 g/mol. The Bertz CT molecular complexity index is 526. The van der Waals surface area contributed by atoms with Crippen LogP contribution in [0.2, 0.25) is 0 Å². The average molecular weight is 267 g/mol. The van der Waals surface area contributed by atoms with E-state index in [2.05, 4.69) is 15.5 Å². The molecule has 0 saturated heterocycles. The highest BCUT2D eigenvalue weighted by Crippen LogP contribution is 2.29. The van der Waals surface area contributed by atoms with Crippen LogP contribution in [-0.4, -0.2) is 10.2 Å². The molecule has 0 fully saturated rings. The highest BCUT2D eigenvalue weighted by molar-refractivity contribution is 5.25. The second kappa shape index (κ2) is 5.79. The van der Waals surface area contributed by atoms with Gasteiger partial charge >= 0.3 is 6.18 Å². The van der Waals surface area contributed by atoms with Crippen molar-refractivity contribution in [3.8, 4) is 0 Å². The van der Waals surface area contributed by atoms with Gasteiger partial charge in [-0.25, -0.2) is 0 Å². The van der Waals surface area contributed by atoms with Crippen molar-refractivity contribution in [2.45, 2.75) is 19.3 Å². The first-order chi connectivity index (χ1) is 9.05. The molecule has 1 aromatic carbocycles. The quantitative estimate of drug-likeness (QED) is 0.925. The highest BCUT2D eigenvalue weighted by atomic mass is 19.4. The molecular formula is C13H12F3N3. The maximum absolute atomic E-state index is 12.5. The summed E-state index contributed by atoms with van der Waals surface area (Å²) in [5, 5.41) is 10.6. The topological polar surface area (TPSA) is 37.8 Å². The van der Waals surface area contributed by atoms with Gasteiger partial charge in [0.15, 0.2) is 0 Å². The molecule has 1 N–H and O–H groups in total. The summed E-state index contributed by atoms with van der Waals surface area (Å²) in [6, 6.07) is 8.82. The van der Waals surface area contributed by atoms with Crippen molar-refractivity contribution in [3.05, 3.63) is 59.4 Å². The van der Waals surface area contributed by atoms with Crippen LogP contribution in [0.25, 0.3) is 0 Å². The lowest BCUT2D eigenvalue weighted by Gasteiger charge is -2.09. The molecule has 0 aliphatic heterocycles. The zero-order valence-electron chi connectivity index (χ0n) is 9.98. The summed E-state index contributed by atoms with van der Waals surface area (Å²) in [5.41, 5.74) is 0.694. The molecule has 100 valence electrons. The maximum Gasteiger partial charge on any atom is 0.416 e. The van der Waals surface area contributed by atoms with Gasteiger partial charge in [0.1, 0.15) is 0 Å². The molecule has 2 aromatic rings. The van der Waals surface area contributed by atoms with Crippen molar-refractivity contribution < 1.29 is 13.2 Å². The number of hydrogen-bond donors (Lipinski definition) is 1. The largest absolute Gasteiger partial charge is 0.416 e.